The third-order valence-electron chi connectivity index (χ3n) is 4.50. The van der Waals surface area contributed by atoms with Gasteiger partial charge < -0.3 is 4.42 Å². The Morgan fingerprint density at radius 2 is 1.77 bits per heavy atom. The largest absolute Gasteiger partial charge is 0.457 e. The number of amides is 4. The Labute approximate surface area is 186 Å². The van der Waals surface area contributed by atoms with Gasteiger partial charge in [-0.3, -0.25) is 14.9 Å². The lowest BCUT2D eigenvalue weighted by Gasteiger charge is -2.27. The lowest BCUT2D eigenvalue weighted by molar-refractivity contribution is -0.122. The molecule has 1 aliphatic heterocycles. The number of carbonyl (C=O) groups excluding carboxylic acids is 3. The molecule has 0 radical (unpaired) electrons. The van der Waals surface area contributed by atoms with Crippen LogP contribution in [0.3, 0.4) is 0 Å². The fraction of sp³-hybridized carbons (Fsp3) is 0. The fourth-order valence-electron chi connectivity index (χ4n) is 3.05. The van der Waals surface area contributed by atoms with Gasteiger partial charge in [0.25, 0.3) is 11.8 Å². The van der Waals surface area contributed by atoms with Crippen LogP contribution in [0.4, 0.5) is 10.5 Å². The molecule has 0 saturated carbocycles. The molecule has 1 N–H and O–H groups in total. The van der Waals surface area contributed by atoms with E-state index in [0.717, 1.165) is 4.90 Å². The molecule has 7 nitrogen and oxygen atoms in total. The minimum Gasteiger partial charge on any atom is -0.457 e. The molecule has 0 atom stereocenters. The molecule has 0 unspecified atom stereocenters. The van der Waals surface area contributed by atoms with Gasteiger partial charge in [0, 0.05) is 5.56 Å². The molecule has 4 amide bonds. The summed E-state index contributed by atoms with van der Waals surface area (Å²) in [7, 11) is 0. The van der Waals surface area contributed by atoms with Gasteiger partial charge in [-0.25, -0.2) is 9.69 Å². The smallest absolute Gasteiger partial charge is 0.336 e. The molecule has 152 valence electrons. The normalized spacial score (nSPS) is 15.2. The highest BCUT2D eigenvalue weighted by Gasteiger charge is 2.38. The van der Waals surface area contributed by atoms with Gasteiger partial charge in [0.15, 0.2) is 0 Å². The summed E-state index contributed by atoms with van der Waals surface area (Å²) in [5.41, 5.74) is 0.690. The Morgan fingerprint density at radius 3 is 2.55 bits per heavy atom. The van der Waals surface area contributed by atoms with Crippen LogP contribution in [0.2, 0.25) is 10.0 Å². The number of furan rings is 1. The fourth-order valence-corrected chi connectivity index (χ4v) is 3.43. The Morgan fingerprint density at radius 1 is 1.00 bits per heavy atom. The SMILES string of the molecule is N#Cc1ccccc1-c1ccc(/C=C2\C(=O)NC(=O)N(c3cccc(Cl)c3Cl)C2=O)o1. The van der Waals surface area contributed by atoms with E-state index in [-0.39, 0.29) is 27.1 Å². The number of hydrogen-bond donors (Lipinski definition) is 1. The van der Waals surface area contributed by atoms with Gasteiger partial charge in [0.2, 0.25) is 0 Å². The van der Waals surface area contributed by atoms with Crippen molar-refractivity contribution in [2.45, 2.75) is 0 Å². The highest BCUT2D eigenvalue weighted by molar-refractivity contribution is 6.46. The van der Waals surface area contributed by atoms with E-state index >= 15 is 0 Å². The van der Waals surface area contributed by atoms with E-state index in [4.69, 9.17) is 27.6 Å². The third-order valence-corrected chi connectivity index (χ3v) is 5.31. The van der Waals surface area contributed by atoms with Crippen LogP contribution in [-0.2, 0) is 9.59 Å². The van der Waals surface area contributed by atoms with Crippen molar-refractivity contribution in [2.75, 3.05) is 4.90 Å². The molecule has 0 bridgehead atoms. The van der Waals surface area contributed by atoms with Crippen LogP contribution >= 0.6 is 23.2 Å². The van der Waals surface area contributed by atoms with Crippen molar-refractivity contribution < 1.29 is 18.8 Å². The van der Waals surface area contributed by atoms with Crippen LogP contribution < -0.4 is 10.2 Å². The second-order valence-corrected chi connectivity index (χ2v) is 7.18. The van der Waals surface area contributed by atoms with E-state index in [9.17, 15) is 19.6 Å². The maximum absolute atomic E-state index is 13.0. The molecule has 2 heterocycles. The molecule has 9 heteroatoms. The number of anilines is 1. The molecule has 3 aromatic rings. The van der Waals surface area contributed by atoms with Gasteiger partial charge in [0.1, 0.15) is 17.1 Å². The first kappa shape index (κ1) is 20.4. The summed E-state index contributed by atoms with van der Waals surface area (Å²) in [6, 6.07) is 15.6. The lowest BCUT2D eigenvalue weighted by atomic mass is 10.1. The summed E-state index contributed by atoms with van der Waals surface area (Å²) in [6.45, 7) is 0. The highest BCUT2D eigenvalue weighted by atomic mass is 35.5. The summed E-state index contributed by atoms with van der Waals surface area (Å²) in [6.07, 6.45) is 1.22. The van der Waals surface area contributed by atoms with Crippen molar-refractivity contribution in [1.29, 1.82) is 5.26 Å². The molecular formula is C22H11Cl2N3O4. The van der Waals surface area contributed by atoms with Gasteiger partial charge in [-0.1, -0.05) is 41.4 Å². The second kappa shape index (κ2) is 8.11. The topological polar surface area (TPSA) is 103 Å². The van der Waals surface area contributed by atoms with Crippen LogP contribution in [-0.4, -0.2) is 17.8 Å². The van der Waals surface area contributed by atoms with Gasteiger partial charge in [-0.15, -0.1) is 0 Å². The summed E-state index contributed by atoms with van der Waals surface area (Å²) >= 11 is 12.1. The molecule has 1 saturated heterocycles. The number of rotatable bonds is 3. The minimum atomic E-state index is -0.945. The van der Waals surface area contributed by atoms with Gasteiger partial charge in [0.05, 0.1) is 27.4 Å². The number of nitrogens with zero attached hydrogens (tertiary/aromatic N) is 2. The van der Waals surface area contributed by atoms with Crippen molar-refractivity contribution in [3.63, 3.8) is 0 Å². The van der Waals surface area contributed by atoms with Crippen molar-refractivity contribution in [1.82, 2.24) is 5.32 Å². The van der Waals surface area contributed by atoms with Crippen LogP contribution in [0.5, 0.6) is 0 Å². The number of hydrogen-bond acceptors (Lipinski definition) is 5. The zero-order valence-electron chi connectivity index (χ0n) is 15.6. The van der Waals surface area contributed by atoms with Gasteiger partial charge in [-0.05, 0) is 42.5 Å². The number of halogens is 2. The summed E-state index contributed by atoms with van der Waals surface area (Å²) < 4.78 is 5.71. The number of benzene rings is 2. The molecule has 1 aromatic heterocycles. The second-order valence-electron chi connectivity index (χ2n) is 6.39. The molecule has 31 heavy (non-hydrogen) atoms. The van der Waals surface area contributed by atoms with E-state index in [1.54, 1.807) is 36.4 Å². The van der Waals surface area contributed by atoms with Crippen molar-refractivity contribution in [3.05, 3.63) is 81.5 Å². The molecular weight excluding hydrogens is 441 g/mol. The van der Waals surface area contributed by atoms with E-state index < -0.39 is 17.8 Å². The Hall–Kier alpha value is -3.86. The molecule has 4 rings (SSSR count). The first-order valence-corrected chi connectivity index (χ1v) is 9.61. The van der Waals surface area contributed by atoms with Crippen molar-refractivity contribution >= 4 is 52.8 Å². The number of imide groups is 2. The summed E-state index contributed by atoms with van der Waals surface area (Å²) in [5, 5.41) is 11.5. The standard InChI is InChI=1S/C22H11Cl2N3O4/c23-16-6-3-7-17(19(16)24)27-21(29)15(20(28)26-22(27)30)10-13-8-9-18(31-13)14-5-2-1-4-12(14)11-25/h1-10H,(H,26,28,30)/b15-10+. The summed E-state index contributed by atoms with van der Waals surface area (Å²) in [5.74, 6) is -1.18. The highest BCUT2D eigenvalue weighted by Crippen LogP contribution is 2.34. The lowest BCUT2D eigenvalue weighted by Crippen LogP contribution is -2.54. The zero-order chi connectivity index (χ0) is 22.1. The molecule has 1 fully saturated rings. The maximum Gasteiger partial charge on any atom is 0.336 e. The van der Waals surface area contributed by atoms with E-state index in [1.165, 1.54) is 24.3 Å². The zero-order valence-corrected chi connectivity index (χ0v) is 17.1. The van der Waals surface area contributed by atoms with E-state index in [1.807, 2.05) is 0 Å². The molecule has 0 aliphatic carbocycles. The number of carbonyl (C=O) groups is 3. The van der Waals surface area contributed by atoms with Crippen molar-refractivity contribution in [3.8, 4) is 17.4 Å². The number of urea groups is 1. The Kier molecular flexibility index (Phi) is 5.34. The number of nitrogens with one attached hydrogen (secondary N) is 1. The van der Waals surface area contributed by atoms with Gasteiger partial charge >= 0.3 is 6.03 Å². The first-order chi connectivity index (χ1) is 14.9. The van der Waals surface area contributed by atoms with Crippen LogP contribution in [0, 0.1) is 11.3 Å². The van der Waals surface area contributed by atoms with Crippen LogP contribution in [0.15, 0.2) is 64.6 Å². The molecule has 1 aliphatic rings. The Bertz CT molecular complexity index is 1320. The first-order valence-electron chi connectivity index (χ1n) is 8.85. The number of barbiturate groups is 1. The predicted octanol–water partition coefficient (Wildman–Crippen LogP) is 4.79. The molecule has 2 aromatic carbocycles. The van der Waals surface area contributed by atoms with Gasteiger partial charge in [-0.2, -0.15) is 5.26 Å². The third kappa shape index (κ3) is 3.70. The Balaban J connectivity index is 1.72. The van der Waals surface area contributed by atoms with Crippen LogP contribution in [0.1, 0.15) is 11.3 Å². The average Bonchev–Trinajstić information content (AvgIpc) is 3.22. The minimum absolute atomic E-state index is 0.00485. The molecule has 0 spiro atoms. The monoisotopic (exact) mass is 451 g/mol. The quantitative estimate of drug-likeness (QED) is 0.455. The van der Waals surface area contributed by atoms with E-state index in [0.29, 0.717) is 16.9 Å². The van der Waals surface area contributed by atoms with E-state index in [2.05, 4.69) is 11.4 Å². The van der Waals surface area contributed by atoms with Crippen LogP contribution in [0.25, 0.3) is 17.4 Å². The van der Waals surface area contributed by atoms with Crippen molar-refractivity contribution in [2.24, 2.45) is 0 Å². The predicted molar refractivity (Wildman–Crippen MR) is 114 cm³/mol. The summed E-state index contributed by atoms with van der Waals surface area (Å²) in [4.78, 5) is 38.4. The average molecular weight is 452 g/mol. The maximum atomic E-state index is 13.0. The number of nitriles is 1.